The number of carbonyl (C=O) groups excluding carboxylic acids is 3. The first-order chi connectivity index (χ1) is 31.0. The highest BCUT2D eigenvalue weighted by Crippen LogP contribution is 2.14. The van der Waals surface area contributed by atoms with Gasteiger partial charge in [-0.05, 0) is 96.3 Å². The Morgan fingerprint density at radius 2 is 0.587 bits per heavy atom. The van der Waals surface area contributed by atoms with Crippen LogP contribution in [0.2, 0.25) is 0 Å². The SMILES string of the molecule is CCCCC\C=C/C=C\C=C/C=C\CCCCCCCC(=O)OCC(COC(=O)CCCCCCC/C=C\CCCCC)OC(=O)CCCCCCCCC/C=C\CCCCCC. The lowest BCUT2D eigenvalue weighted by molar-refractivity contribution is -0.167. The molecule has 63 heavy (non-hydrogen) atoms. The maximum Gasteiger partial charge on any atom is 0.306 e. The summed E-state index contributed by atoms with van der Waals surface area (Å²) in [5.74, 6) is -0.923. The van der Waals surface area contributed by atoms with E-state index in [1.165, 1.54) is 122 Å². The highest BCUT2D eigenvalue weighted by Gasteiger charge is 2.19. The fourth-order valence-corrected chi connectivity index (χ4v) is 7.21. The van der Waals surface area contributed by atoms with Crippen LogP contribution in [-0.4, -0.2) is 37.2 Å². The number of ether oxygens (including phenoxy) is 3. The molecular weight excluding hydrogens is 781 g/mol. The van der Waals surface area contributed by atoms with E-state index in [1.807, 2.05) is 0 Å². The van der Waals surface area contributed by atoms with Gasteiger partial charge in [-0.1, -0.05) is 209 Å². The largest absolute Gasteiger partial charge is 0.462 e. The summed E-state index contributed by atoms with van der Waals surface area (Å²) in [5.41, 5.74) is 0. The molecule has 0 saturated carbocycles. The van der Waals surface area contributed by atoms with Crippen LogP contribution in [0.25, 0.3) is 0 Å². The zero-order chi connectivity index (χ0) is 45.8. The molecule has 6 heteroatoms. The molecule has 1 atom stereocenters. The van der Waals surface area contributed by atoms with Gasteiger partial charge in [-0.25, -0.2) is 0 Å². The zero-order valence-corrected chi connectivity index (χ0v) is 41.3. The van der Waals surface area contributed by atoms with Crippen molar-refractivity contribution < 1.29 is 28.6 Å². The van der Waals surface area contributed by atoms with Gasteiger partial charge in [0, 0.05) is 19.3 Å². The van der Waals surface area contributed by atoms with E-state index >= 15 is 0 Å². The van der Waals surface area contributed by atoms with Gasteiger partial charge in [0.25, 0.3) is 0 Å². The smallest absolute Gasteiger partial charge is 0.306 e. The van der Waals surface area contributed by atoms with Crippen LogP contribution in [0.1, 0.15) is 252 Å². The van der Waals surface area contributed by atoms with Gasteiger partial charge in [-0.2, -0.15) is 0 Å². The van der Waals surface area contributed by atoms with E-state index in [2.05, 4.69) is 93.7 Å². The highest BCUT2D eigenvalue weighted by molar-refractivity contribution is 5.71. The number of carbonyl (C=O) groups is 3. The Morgan fingerprint density at radius 1 is 0.317 bits per heavy atom. The molecule has 1 unspecified atom stereocenters. The van der Waals surface area contributed by atoms with Gasteiger partial charge in [-0.15, -0.1) is 0 Å². The summed E-state index contributed by atoms with van der Waals surface area (Å²) in [7, 11) is 0. The van der Waals surface area contributed by atoms with Gasteiger partial charge in [0.15, 0.2) is 6.10 Å². The number of unbranched alkanes of at least 4 members (excludes halogenated alkanes) is 27. The number of hydrogen-bond donors (Lipinski definition) is 0. The van der Waals surface area contributed by atoms with Gasteiger partial charge in [0.1, 0.15) is 13.2 Å². The molecule has 0 amide bonds. The van der Waals surface area contributed by atoms with Crippen LogP contribution in [0.3, 0.4) is 0 Å². The maximum atomic E-state index is 12.8. The molecule has 0 saturated heterocycles. The van der Waals surface area contributed by atoms with Crippen molar-refractivity contribution in [1.29, 1.82) is 0 Å². The van der Waals surface area contributed by atoms with Crippen LogP contribution in [0.15, 0.2) is 72.9 Å². The Kier molecular flexibility index (Phi) is 48.9. The Morgan fingerprint density at radius 3 is 0.968 bits per heavy atom. The summed E-state index contributed by atoms with van der Waals surface area (Å²) in [6.07, 6.45) is 64.4. The first kappa shape index (κ1) is 59.9. The Balaban J connectivity index is 4.44. The van der Waals surface area contributed by atoms with Crippen LogP contribution in [0.5, 0.6) is 0 Å². The van der Waals surface area contributed by atoms with Crippen molar-refractivity contribution in [3.63, 3.8) is 0 Å². The molecule has 0 aromatic carbocycles. The van der Waals surface area contributed by atoms with Crippen molar-refractivity contribution in [2.24, 2.45) is 0 Å². The van der Waals surface area contributed by atoms with Crippen LogP contribution in [-0.2, 0) is 28.6 Å². The monoisotopic (exact) mass is 879 g/mol. The molecule has 0 spiro atoms. The van der Waals surface area contributed by atoms with Crippen molar-refractivity contribution in [2.75, 3.05) is 13.2 Å². The Bertz CT molecular complexity index is 1190. The molecule has 0 bridgehead atoms. The summed E-state index contributed by atoms with van der Waals surface area (Å²) in [5, 5.41) is 0. The van der Waals surface area contributed by atoms with E-state index in [9.17, 15) is 14.4 Å². The number of esters is 3. The molecule has 0 heterocycles. The number of allylic oxidation sites excluding steroid dienone is 12. The van der Waals surface area contributed by atoms with E-state index in [0.717, 1.165) is 89.9 Å². The topological polar surface area (TPSA) is 78.9 Å². The summed E-state index contributed by atoms with van der Waals surface area (Å²) >= 11 is 0. The molecule has 0 aliphatic rings. The fourth-order valence-electron chi connectivity index (χ4n) is 7.21. The fraction of sp³-hybridized carbons (Fsp3) is 0.737. The van der Waals surface area contributed by atoms with Crippen molar-refractivity contribution >= 4 is 17.9 Å². The van der Waals surface area contributed by atoms with Crippen molar-refractivity contribution in [2.45, 2.75) is 258 Å². The highest BCUT2D eigenvalue weighted by atomic mass is 16.6. The first-order valence-electron chi connectivity index (χ1n) is 26.5. The summed E-state index contributed by atoms with van der Waals surface area (Å²) in [6.45, 7) is 6.53. The van der Waals surface area contributed by atoms with Crippen LogP contribution in [0.4, 0.5) is 0 Å². The minimum Gasteiger partial charge on any atom is -0.462 e. The molecule has 6 nitrogen and oxygen atoms in total. The second kappa shape index (κ2) is 51.5. The molecule has 0 aromatic rings. The molecule has 0 fully saturated rings. The van der Waals surface area contributed by atoms with Gasteiger partial charge >= 0.3 is 17.9 Å². The second-order valence-electron chi connectivity index (χ2n) is 17.5. The third kappa shape index (κ3) is 49.7. The molecular formula is C57H98O6. The molecule has 0 N–H and O–H groups in total. The van der Waals surface area contributed by atoms with Gasteiger partial charge < -0.3 is 14.2 Å². The van der Waals surface area contributed by atoms with Crippen LogP contribution in [0, 0.1) is 0 Å². The normalized spacial score (nSPS) is 12.6. The number of hydrogen-bond acceptors (Lipinski definition) is 6. The summed E-state index contributed by atoms with van der Waals surface area (Å²) in [6, 6.07) is 0. The Labute approximate surface area is 389 Å². The second-order valence-corrected chi connectivity index (χ2v) is 17.5. The van der Waals surface area contributed by atoms with Crippen molar-refractivity contribution in [3.05, 3.63) is 72.9 Å². The lowest BCUT2D eigenvalue weighted by Gasteiger charge is -2.18. The van der Waals surface area contributed by atoms with E-state index < -0.39 is 6.10 Å². The summed E-state index contributed by atoms with van der Waals surface area (Å²) in [4.78, 5) is 38.0. The van der Waals surface area contributed by atoms with Gasteiger partial charge in [0.05, 0.1) is 0 Å². The van der Waals surface area contributed by atoms with Crippen molar-refractivity contribution in [1.82, 2.24) is 0 Å². The molecule has 0 radical (unpaired) electrons. The van der Waals surface area contributed by atoms with E-state index in [-0.39, 0.29) is 31.1 Å². The molecule has 0 aliphatic heterocycles. The summed E-state index contributed by atoms with van der Waals surface area (Å²) < 4.78 is 16.8. The predicted molar refractivity (Wildman–Crippen MR) is 270 cm³/mol. The van der Waals surface area contributed by atoms with E-state index in [4.69, 9.17) is 14.2 Å². The average molecular weight is 879 g/mol. The van der Waals surface area contributed by atoms with Gasteiger partial charge in [-0.3, -0.25) is 14.4 Å². The average Bonchev–Trinajstić information content (AvgIpc) is 3.28. The molecule has 0 aliphatic carbocycles. The van der Waals surface area contributed by atoms with Crippen LogP contribution >= 0.6 is 0 Å². The molecule has 0 aromatic heterocycles. The van der Waals surface area contributed by atoms with Crippen LogP contribution < -0.4 is 0 Å². The van der Waals surface area contributed by atoms with Crippen molar-refractivity contribution in [3.8, 4) is 0 Å². The maximum absolute atomic E-state index is 12.8. The lowest BCUT2D eigenvalue weighted by atomic mass is 10.1. The first-order valence-corrected chi connectivity index (χ1v) is 26.5. The zero-order valence-electron chi connectivity index (χ0n) is 41.3. The molecule has 362 valence electrons. The Hall–Kier alpha value is -3.15. The lowest BCUT2D eigenvalue weighted by Crippen LogP contribution is -2.30. The van der Waals surface area contributed by atoms with E-state index in [1.54, 1.807) is 0 Å². The van der Waals surface area contributed by atoms with E-state index in [0.29, 0.717) is 19.3 Å². The molecule has 0 rings (SSSR count). The number of rotatable bonds is 47. The van der Waals surface area contributed by atoms with Gasteiger partial charge in [0.2, 0.25) is 0 Å². The predicted octanol–water partition coefficient (Wildman–Crippen LogP) is 17.4. The minimum absolute atomic E-state index is 0.0893. The standard InChI is InChI=1S/C57H98O6/c1-4-7-10-13-16-19-22-25-27-28-29-31-32-35-38-41-44-47-50-56(59)62-53-54(52-61-55(58)49-46-43-40-37-34-24-21-18-15-12-9-6-3)63-57(60)51-48-45-42-39-36-33-30-26-23-20-17-14-11-8-5-2/h16,18-23,25,27-29,31,54H,4-15,17,24,26,30,32-53H2,1-3H3/b19-16-,21-18-,23-20-,25-22-,28-27-,31-29-. The third-order valence-electron chi connectivity index (χ3n) is 11.2. The minimum atomic E-state index is -0.790. The quantitative estimate of drug-likeness (QED) is 0.0199. The third-order valence-corrected chi connectivity index (χ3v) is 11.2.